The summed E-state index contributed by atoms with van der Waals surface area (Å²) in [5, 5.41) is 18.2. The van der Waals surface area contributed by atoms with Crippen LogP contribution in [0.2, 0.25) is 0 Å². The van der Waals surface area contributed by atoms with Gasteiger partial charge in [-0.2, -0.15) is 0 Å². The Kier molecular flexibility index (Phi) is 5.32. The van der Waals surface area contributed by atoms with E-state index in [0.717, 1.165) is 6.42 Å². The standard InChI is InChI=1S/C16H18FNO3/c17-15-10-12(4-1-2-9-19)6-7-14(15)16(21)18-8-3-5-13(20)11-18/h6-7,10,13,19-20H,2-3,5,8-9,11H2. The number of halogens is 1. The molecule has 0 saturated carbocycles. The van der Waals surface area contributed by atoms with Crippen molar-refractivity contribution >= 4 is 5.91 Å². The lowest BCUT2D eigenvalue weighted by Crippen LogP contribution is -2.42. The van der Waals surface area contributed by atoms with Crippen molar-refractivity contribution in [2.75, 3.05) is 19.7 Å². The van der Waals surface area contributed by atoms with Crippen LogP contribution in [0.4, 0.5) is 4.39 Å². The van der Waals surface area contributed by atoms with Crippen LogP contribution in [0.3, 0.4) is 0 Å². The number of piperidine rings is 1. The van der Waals surface area contributed by atoms with Gasteiger partial charge in [0.2, 0.25) is 0 Å². The van der Waals surface area contributed by atoms with Crippen molar-refractivity contribution < 1.29 is 19.4 Å². The number of carbonyl (C=O) groups is 1. The third kappa shape index (κ3) is 4.03. The quantitative estimate of drug-likeness (QED) is 0.804. The molecule has 1 heterocycles. The van der Waals surface area contributed by atoms with Gasteiger partial charge < -0.3 is 15.1 Å². The summed E-state index contributed by atoms with van der Waals surface area (Å²) >= 11 is 0. The number of benzene rings is 1. The van der Waals surface area contributed by atoms with Gasteiger partial charge in [0.15, 0.2) is 0 Å². The first-order valence-electron chi connectivity index (χ1n) is 6.98. The lowest BCUT2D eigenvalue weighted by Gasteiger charge is -2.30. The summed E-state index contributed by atoms with van der Waals surface area (Å²) in [6.45, 7) is 0.743. The number of nitrogens with zero attached hydrogens (tertiary/aromatic N) is 1. The zero-order chi connectivity index (χ0) is 15.2. The lowest BCUT2D eigenvalue weighted by atomic mass is 10.1. The van der Waals surface area contributed by atoms with Gasteiger partial charge in [0.1, 0.15) is 5.82 Å². The molecule has 0 spiro atoms. The third-order valence-electron chi connectivity index (χ3n) is 3.35. The Labute approximate surface area is 123 Å². The van der Waals surface area contributed by atoms with Crippen molar-refractivity contribution in [3.8, 4) is 11.8 Å². The Morgan fingerprint density at radius 1 is 1.48 bits per heavy atom. The third-order valence-corrected chi connectivity index (χ3v) is 3.35. The van der Waals surface area contributed by atoms with Crippen LogP contribution in [0.25, 0.3) is 0 Å². The van der Waals surface area contributed by atoms with Crippen LogP contribution in [0.15, 0.2) is 18.2 Å². The van der Waals surface area contributed by atoms with E-state index >= 15 is 0 Å². The molecule has 1 aromatic carbocycles. The number of amides is 1. The molecule has 1 fully saturated rings. The molecule has 2 N–H and O–H groups in total. The number of hydrogen-bond donors (Lipinski definition) is 2. The molecule has 21 heavy (non-hydrogen) atoms. The topological polar surface area (TPSA) is 60.8 Å². The van der Waals surface area contributed by atoms with Crippen LogP contribution < -0.4 is 0 Å². The van der Waals surface area contributed by atoms with Crippen LogP contribution in [-0.2, 0) is 0 Å². The van der Waals surface area contributed by atoms with E-state index < -0.39 is 17.8 Å². The Hall–Kier alpha value is -1.90. The fourth-order valence-corrected chi connectivity index (χ4v) is 2.30. The number of rotatable bonds is 2. The average Bonchev–Trinajstić information content (AvgIpc) is 2.47. The van der Waals surface area contributed by atoms with Crippen molar-refractivity contribution in [1.82, 2.24) is 4.90 Å². The Bertz CT molecular complexity index is 577. The van der Waals surface area contributed by atoms with E-state index in [9.17, 15) is 14.3 Å². The van der Waals surface area contributed by atoms with Gasteiger partial charge in [-0.15, -0.1) is 0 Å². The van der Waals surface area contributed by atoms with E-state index in [0.29, 0.717) is 24.9 Å². The van der Waals surface area contributed by atoms with Gasteiger partial charge in [-0.1, -0.05) is 11.8 Å². The van der Waals surface area contributed by atoms with E-state index in [4.69, 9.17) is 5.11 Å². The first-order valence-corrected chi connectivity index (χ1v) is 6.98. The highest BCUT2D eigenvalue weighted by Crippen LogP contribution is 2.17. The minimum absolute atomic E-state index is 0.00296. The highest BCUT2D eigenvalue weighted by atomic mass is 19.1. The molecule has 1 unspecified atom stereocenters. The van der Waals surface area contributed by atoms with Gasteiger partial charge in [-0.3, -0.25) is 4.79 Å². The molecular weight excluding hydrogens is 273 g/mol. The predicted molar refractivity (Wildman–Crippen MR) is 76.1 cm³/mol. The minimum atomic E-state index is -0.615. The molecule has 0 bridgehead atoms. The first kappa shape index (κ1) is 15.5. The molecule has 1 aliphatic rings. The highest BCUT2D eigenvalue weighted by Gasteiger charge is 2.24. The molecule has 5 heteroatoms. The summed E-state index contributed by atoms with van der Waals surface area (Å²) in [5.41, 5.74) is 0.466. The van der Waals surface area contributed by atoms with Crippen molar-refractivity contribution in [3.05, 3.63) is 35.1 Å². The van der Waals surface area contributed by atoms with E-state index in [2.05, 4.69) is 11.8 Å². The summed E-state index contributed by atoms with van der Waals surface area (Å²) < 4.78 is 14.0. The van der Waals surface area contributed by atoms with Crippen LogP contribution in [0.1, 0.15) is 35.2 Å². The number of β-amino-alcohol motifs (C(OH)–C–C–N with tert-alkyl or cyclic N) is 1. The van der Waals surface area contributed by atoms with Gasteiger partial charge in [-0.25, -0.2) is 4.39 Å². The average molecular weight is 291 g/mol. The number of hydrogen-bond acceptors (Lipinski definition) is 3. The second-order valence-corrected chi connectivity index (χ2v) is 5.02. The molecule has 0 radical (unpaired) electrons. The molecule has 2 rings (SSSR count). The molecule has 112 valence electrons. The monoisotopic (exact) mass is 291 g/mol. The molecule has 1 aromatic rings. The molecule has 0 aliphatic carbocycles. The van der Waals surface area contributed by atoms with Gasteiger partial charge in [0, 0.05) is 25.1 Å². The van der Waals surface area contributed by atoms with Crippen LogP contribution in [0.5, 0.6) is 0 Å². The maximum Gasteiger partial charge on any atom is 0.256 e. The lowest BCUT2D eigenvalue weighted by molar-refractivity contribution is 0.0470. The Morgan fingerprint density at radius 2 is 2.29 bits per heavy atom. The SMILES string of the molecule is O=C(c1ccc(C#CCCO)cc1F)N1CCCC(O)C1. The molecule has 1 atom stereocenters. The van der Waals surface area contributed by atoms with Crippen LogP contribution >= 0.6 is 0 Å². The maximum absolute atomic E-state index is 14.0. The summed E-state index contributed by atoms with van der Waals surface area (Å²) in [6.07, 6.45) is 1.19. The number of carbonyl (C=O) groups excluding carboxylic acids is 1. The number of aliphatic hydroxyl groups is 2. The van der Waals surface area contributed by atoms with Gasteiger partial charge in [0.25, 0.3) is 5.91 Å². The highest BCUT2D eigenvalue weighted by molar-refractivity contribution is 5.94. The van der Waals surface area contributed by atoms with Crippen molar-refractivity contribution in [3.63, 3.8) is 0 Å². The van der Waals surface area contributed by atoms with E-state index in [1.54, 1.807) is 6.07 Å². The van der Waals surface area contributed by atoms with Gasteiger partial charge in [-0.05, 0) is 31.0 Å². The molecule has 1 aliphatic heterocycles. The van der Waals surface area contributed by atoms with E-state index in [1.807, 2.05) is 0 Å². The van der Waals surface area contributed by atoms with Gasteiger partial charge >= 0.3 is 0 Å². The summed E-state index contributed by atoms with van der Waals surface area (Å²) in [6, 6.07) is 4.22. The molecular formula is C16H18FNO3. The fraction of sp³-hybridized carbons (Fsp3) is 0.438. The molecule has 1 saturated heterocycles. The zero-order valence-electron chi connectivity index (χ0n) is 11.7. The van der Waals surface area contributed by atoms with Crippen LogP contribution in [-0.4, -0.2) is 46.8 Å². The molecule has 0 aromatic heterocycles. The van der Waals surface area contributed by atoms with Crippen molar-refractivity contribution in [1.29, 1.82) is 0 Å². The largest absolute Gasteiger partial charge is 0.395 e. The van der Waals surface area contributed by atoms with Crippen molar-refractivity contribution in [2.24, 2.45) is 0 Å². The second kappa shape index (κ2) is 7.21. The minimum Gasteiger partial charge on any atom is -0.395 e. The Balaban J connectivity index is 2.13. The smallest absolute Gasteiger partial charge is 0.256 e. The molecule has 1 amide bonds. The zero-order valence-corrected chi connectivity index (χ0v) is 11.7. The summed E-state index contributed by atoms with van der Waals surface area (Å²) in [7, 11) is 0. The Morgan fingerprint density at radius 3 is 2.95 bits per heavy atom. The maximum atomic E-state index is 14.0. The second-order valence-electron chi connectivity index (χ2n) is 5.02. The number of aliphatic hydroxyl groups excluding tert-OH is 2. The van der Waals surface area contributed by atoms with Crippen LogP contribution in [0, 0.1) is 17.7 Å². The number of likely N-dealkylation sites (tertiary alicyclic amines) is 1. The predicted octanol–water partition coefficient (Wildman–Crippen LogP) is 1.16. The fourth-order valence-electron chi connectivity index (χ4n) is 2.30. The molecule has 4 nitrogen and oxygen atoms in total. The van der Waals surface area contributed by atoms with E-state index in [-0.39, 0.29) is 18.7 Å². The summed E-state index contributed by atoms with van der Waals surface area (Å²) in [4.78, 5) is 13.7. The summed E-state index contributed by atoms with van der Waals surface area (Å²) in [5.74, 6) is 4.41. The van der Waals surface area contributed by atoms with Crippen molar-refractivity contribution in [2.45, 2.75) is 25.4 Å². The van der Waals surface area contributed by atoms with E-state index in [1.165, 1.54) is 17.0 Å². The normalized spacial score (nSPS) is 18.0. The first-order chi connectivity index (χ1) is 10.1. The van der Waals surface area contributed by atoms with Gasteiger partial charge in [0.05, 0.1) is 18.3 Å².